The molecule has 0 aliphatic heterocycles. The Morgan fingerprint density at radius 1 is 1.40 bits per heavy atom. The van der Waals surface area contributed by atoms with Crippen LogP contribution in [0.1, 0.15) is 18.9 Å². The Bertz CT molecular complexity index is 280. The van der Waals surface area contributed by atoms with Crippen molar-refractivity contribution in [3.8, 4) is 0 Å². The lowest BCUT2D eigenvalue weighted by atomic mass is 10.1. The lowest BCUT2D eigenvalue weighted by Gasteiger charge is -1.98. The summed E-state index contributed by atoms with van der Waals surface area (Å²) in [5, 5.41) is 0. The minimum absolute atomic E-state index is 0.309. The molecule has 0 aliphatic carbocycles. The standard InChI is InChI=1S/C10H13OP.C3H6/c11-10(8-12)7-6-9-4-2-1-3-5-9;1-3-2/h1-5H,6-8,12H2;3H,1H2,2H3. The number of aryl methyl sites for hydroxylation is 1. The van der Waals surface area contributed by atoms with Crippen molar-refractivity contribution in [2.45, 2.75) is 19.8 Å². The van der Waals surface area contributed by atoms with Crippen molar-refractivity contribution in [2.75, 3.05) is 6.16 Å². The second-order valence-corrected chi connectivity index (χ2v) is 3.54. The molecule has 0 fully saturated rings. The van der Waals surface area contributed by atoms with E-state index in [9.17, 15) is 4.79 Å². The van der Waals surface area contributed by atoms with E-state index < -0.39 is 0 Å². The number of carbonyl (C=O) groups is 1. The van der Waals surface area contributed by atoms with Gasteiger partial charge in [0.2, 0.25) is 0 Å². The predicted molar refractivity (Wildman–Crippen MR) is 70.2 cm³/mol. The van der Waals surface area contributed by atoms with Gasteiger partial charge in [0.1, 0.15) is 5.78 Å². The first-order valence-corrected chi connectivity index (χ1v) is 5.89. The highest BCUT2D eigenvalue weighted by molar-refractivity contribution is 7.18. The third kappa shape index (κ3) is 8.08. The lowest BCUT2D eigenvalue weighted by molar-refractivity contribution is -0.116. The number of benzene rings is 1. The summed E-state index contributed by atoms with van der Waals surface area (Å²) < 4.78 is 0. The molecule has 1 atom stereocenters. The van der Waals surface area contributed by atoms with Gasteiger partial charge in [-0.15, -0.1) is 15.8 Å². The van der Waals surface area contributed by atoms with Crippen LogP contribution in [0.3, 0.4) is 0 Å². The Balaban J connectivity index is 0.000000583. The quantitative estimate of drug-likeness (QED) is 0.564. The molecule has 0 aliphatic rings. The van der Waals surface area contributed by atoms with Gasteiger partial charge in [-0.2, -0.15) is 0 Å². The van der Waals surface area contributed by atoms with Gasteiger partial charge in [0.15, 0.2) is 0 Å². The van der Waals surface area contributed by atoms with Gasteiger partial charge in [-0.05, 0) is 18.9 Å². The Morgan fingerprint density at radius 3 is 2.40 bits per heavy atom. The van der Waals surface area contributed by atoms with Gasteiger partial charge in [-0.1, -0.05) is 36.4 Å². The molecule has 2 heteroatoms. The van der Waals surface area contributed by atoms with Crippen LogP contribution < -0.4 is 0 Å². The SMILES string of the molecule is C=CC.O=C(CP)CCc1ccccc1. The maximum absolute atomic E-state index is 11.0. The molecule has 1 aromatic rings. The maximum atomic E-state index is 11.0. The summed E-state index contributed by atoms with van der Waals surface area (Å²) in [6, 6.07) is 10.1. The van der Waals surface area contributed by atoms with Crippen LogP contribution in [0, 0.1) is 0 Å². The van der Waals surface area contributed by atoms with Crippen LogP contribution >= 0.6 is 9.24 Å². The minimum Gasteiger partial charge on any atom is -0.299 e. The van der Waals surface area contributed by atoms with Crippen LogP contribution in [0.15, 0.2) is 43.0 Å². The fraction of sp³-hybridized carbons (Fsp3) is 0.308. The summed E-state index contributed by atoms with van der Waals surface area (Å²) >= 11 is 0. The molecular weight excluding hydrogens is 203 g/mol. The van der Waals surface area contributed by atoms with Crippen LogP contribution in [0.25, 0.3) is 0 Å². The largest absolute Gasteiger partial charge is 0.299 e. The molecule has 0 amide bonds. The number of carbonyl (C=O) groups excluding carboxylic acids is 1. The zero-order chi connectivity index (χ0) is 11.5. The van der Waals surface area contributed by atoms with Crippen molar-refractivity contribution >= 4 is 15.0 Å². The van der Waals surface area contributed by atoms with E-state index >= 15 is 0 Å². The number of allylic oxidation sites excluding steroid dienone is 1. The van der Waals surface area contributed by atoms with Crippen molar-refractivity contribution in [3.05, 3.63) is 48.6 Å². The average Bonchev–Trinajstić information content (AvgIpc) is 2.28. The Hall–Kier alpha value is -0.940. The van der Waals surface area contributed by atoms with Crippen LogP contribution in [0.2, 0.25) is 0 Å². The third-order valence-electron chi connectivity index (χ3n) is 1.76. The first-order chi connectivity index (χ1) is 7.24. The maximum Gasteiger partial charge on any atom is 0.136 e. The van der Waals surface area contributed by atoms with Crippen LogP contribution in [0.5, 0.6) is 0 Å². The third-order valence-corrected chi connectivity index (χ3v) is 2.22. The molecule has 0 N–H and O–H groups in total. The van der Waals surface area contributed by atoms with E-state index in [0.29, 0.717) is 18.4 Å². The molecule has 0 spiro atoms. The van der Waals surface area contributed by atoms with Crippen molar-refractivity contribution in [1.82, 2.24) is 0 Å². The molecule has 0 bridgehead atoms. The van der Waals surface area contributed by atoms with Crippen LogP contribution in [-0.4, -0.2) is 11.9 Å². The zero-order valence-electron chi connectivity index (χ0n) is 9.28. The molecule has 1 nitrogen and oxygen atoms in total. The second-order valence-electron chi connectivity index (χ2n) is 3.14. The van der Waals surface area contributed by atoms with Gasteiger partial charge in [-0.25, -0.2) is 0 Å². The lowest BCUT2D eigenvalue weighted by Crippen LogP contribution is -2.00. The van der Waals surface area contributed by atoms with E-state index in [-0.39, 0.29) is 0 Å². The van der Waals surface area contributed by atoms with E-state index in [1.54, 1.807) is 6.08 Å². The summed E-state index contributed by atoms with van der Waals surface area (Å²) in [4.78, 5) is 11.0. The fourth-order valence-corrected chi connectivity index (χ4v) is 1.23. The summed E-state index contributed by atoms with van der Waals surface area (Å²) in [6.07, 6.45) is 3.86. The van der Waals surface area contributed by atoms with Crippen LogP contribution in [0.4, 0.5) is 0 Å². The molecule has 0 saturated carbocycles. The monoisotopic (exact) mass is 222 g/mol. The van der Waals surface area contributed by atoms with Crippen LogP contribution in [-0.2, 0) is 11.2 Å². The van der Waals surface area contributed by atoms with Crippen molar-refractivity contribution in [3.63, 3.8) is 0 Å². The average molecular weight is 222 g/mol. The molecule has 0 aromatic heterocycles. The topological polar surface area (TPSA) is 17.1 Å². The number of hydrogen-bond acceptors (Lipinski definition) is 1. The van der Waals surface area contributed by atoms with Gasteiger partial charge >= 0.3 is 0 Å². The van der Waals surface area contributed by atoms with Gasteiger partial charge < -0.3 is 0 Å². The van der Waals surface area contributed by atoms with Crippen molar-refractivity contribution in [1.29, 1.82) is 0 Å². The molecule has 0 heterocycles. The predicted octanol–water partition coefficient (Wildman–Crippen LogP) is 3.26. The summed E-state index contributed by atoms with van der Waals surface area (Å²) in [5.41, 5.74) is 1.24. The van der Waals surface area contributed by atoms with E-state index in [1.165, 1.54) is 5.56 Å². The number of rotatable bonds is 4. The normalized spacial score (nSPS) is 8.67. The zero-order valence-corrected chi connectivity index (χ0v) is 10.4. The van der Waals surface area contributed by atoms with E-state index in [1.807, 2.05) is 25.1 Å². The van der Waals surface area contributed by atoms with E-state index in [4.69, 9.17) is 0 Å². The molecule has 15 heavy (non-hydrogen) atoms. The first kappa shape index (κ1) is 14.1. The Morgan fingerprint density at radius 2 is 1.93 bits per heavy atom. The van der Waals surface area contributed by atoms with E-state index in [2.05, 4.69) is 28.0 Å². The first-order valence-electron chi connectivity index (χ1n) is 5.07. The van der Waals surface area contributed by atoms with Crippen molar-refractivity contribution < 1.29 is 4.79 Å². The molecule has 1 rings (SSSR count). The molecule has 1 aromatic carbocycles. The highest BCUT2D eigenvalue weighted by Gasteiger charge is 1.98. The van der Waals surface area contributed by atoms with E-state index in [0.717, 1.165) is 6.42 Å². The summed E-state index contributed by atoms with van der Waals surface area (Å²) in [6.45, 7) is 5.25. The minimum atomic E-state index is 0.309. The molecular formula is C13H19OP. The smallest absolute Gasteiger partial charge is 0.136 e. The summed E-state index contributed by atoms with van der Waals surface area (Å²) in [7, 11) is 2.46. The molecule has 0 saturated heterocycles. The van der Waals surface area contributed by atoms with Gasteiger partial charge in [-0.3, -0.25) is 4.79 Å². The Kier molecular flexibility index (Phi) is 9.01. The second kappa shape index (κ2) is 9.61. The highest BCUT2D eigenvalue weighted by Crippen LogP contribution is 2.03. The summed E-state index contributed by atoms with van der Waals surface area (Å²) in [5.74, 6) is 0.309. The van der Waals surface area contributed by atoms with Gasteiger partial charge in [0.05, 0.1) is 0 Å². The highest BCUT2D eigenvalue weighted by atomic mass is 31.0. The number of ketones is 1. The molecule has 1 unspecified atom stereocenters. The Labute approximate surface area is 94.8 Å². The fourth-order valence-electron chi connectivity index (χ4n) is 1.03. The van der Waals surface area contributed by atoms with Gasteiger partial charge in [0.25, 0.3) is 0 Å². The van der Waals surface area contributed by atoms with Gasteiger partial charge in [0, 0.05) is 12.6 Å². The van der Waals surface area contributed by atoms with Crippen molar-refractivity contribution in [2.24, 2.45) is 0 Å². The molecule has 82 valence electrons. The number of hydrogen-bond donors (Lipinski definition) is 0. The number of Topliss-reactive ketones (excluding diaryl/α,β-unsaturated/α-hetero) is 1. The molecule has 0 radical (unpaired) electrons.